The van der Waals surface area contributed by atoms with E-state index < -0.39 is 10.1 Å². The van der Waals surface area contributed by atoms with Crippen LogP contribution in [0.15, 0.2) is 17.0 Å². The van der Waals surface area contributed by atoms with Crippen LogP contribution < -0.4 is 0 Å². The Morgan fingerprint density at radius 1 is 0.840 bits per heavy atom. The van der Waals surface area contributed by atoms with Crippen molar-refractivity contribution in [3.63, 3.8) is 0 Å². The number of benzene rings is 1. The highest BCUT2D eigenvalue weighted by Gasteiger charge is 2.31. The average molecular weight is 365 g/mol. The van der Waals surface area contributed by atoms with Crippen LogP contribution in [0.4, 0.5) is 0 Å². The summed E-state index contributed by atoms with van der Waals surface area (Å²) in [6.07, 6.45) is 11.2. The minimum atomic E-state index is -4.21. The first-order valence-electron chi connectivity index (χ1n) is 10.0. The van der Waals surface area contributed by atoms with Gasteiger partial charge in [0.25, 0.3) is 10.1 Å². The van der Waals surface area contributed by atoms with E-state index in [1.54, 1.807) is 0 Å². The molecule has 25 heavy (non-hydrogen) atoms. The topological polar surface area (TPSA) is 54.4 Å². The third kappa shape index (κ3) is 4.28. The largest absolute Gasteiger partial charge is 0.295 e. The summed E-state index contributed by atoms with van der Waals surface area (Å²) >= 11 is 0. The molecule has 2 aliphatic rings. The molecule has 0 aliphatic heterocycles. The fourth-order valence-corrected chi connectivity index (χ4v) is 5.81. The van der Waals surface area contributed by atoms with Crippen LogP contribution in [0.3, 0.4) is 0 Å². The molecule has 0 unspecified atom stereocenters. The predicted octanol–water partition coefficient (Wildman–Crippen LogP) is 6.15. The zero-order valence-corrected chi connectivity index (χ0v) is 16.4. The Morgan fingerprint density at radius 2 is 1.24 bits per heavy atom. The Labute approximate surface area is 153 Å². The lowest BCUT2D eigenvalue weighted by Crippen LogP contribution is -2.17. The molecule has 140 valence electrons. The van der Waals surface area contributed by atoms with Gasteiger partial charge >= 0.3 is 0 Å². The predicted molar refractivity (Wildman–Crippen MR) is 102 cm³/mol. The summed E-state index contributed by atoms with van der Waals surface area (Å²) < 4.78 is 34.9. The van der Waals surface area contributed by atoms with E-state index in [9.17, 15) is 13.0 Å². The van der Waals surface area contributed by atoms with Gasteiger partial charge in [-0.25, -0.2) is 0 Å². The first kappa shape index (κ1) is 18.9. The molecule has 2 fully saturated rings. The maximum atomic E-state index is 12.4. The van der Waals surface area contributed by atoms with Crippen LogP contribution >= 0.6 is 0 Å². The summed E-state index contributed by atoms with van der Waals surface area (Å²) in [5.41, 5.74) is 3.01. The van der Waals surface area contributed by atoms with E-state index in [1.807, 2.05) is 0 Å². The molecule has 0 bridgehead atoms. The van der Waals surface area contributed by atoms with Crippen LogP contribution in [0.25, 0.3) is 0 Å². The average Bonchev–Trinajstić information content (AvgIpc) is 2.61. The molecule has 3 rings (SSSR count). The van der Waals surface area contributed by atoms with Gasteiger partial charge in [-0.3, -0.25) is 4.55 Å². The van der Waals surface area contributed by atoms with Gasteiger partial charge in [-0.05, 0) is 60.1 Å². The Hall–Kier alpha value is -0.870. The van der Waals surface area contributed by atoms with Crippen LogP contribution in [-0.4, -0.2) is 13.0 Å². The van der Waals surface area contributed by atoms with Gasteiger partial charge in [0, 0.05) is 0 Å². The second kappa shape index (κ2) is 7.79. The van der Waals surface area contributed by atoms with Crippen LogP contribution in [-0.2, 0) is 10.1 Å². The molecular formula is C21H32O3S. The van der Waals surface area contributed by atoms with E-state index >= 15 is 0 Å². The highest BCUT2D eigenvalue weighted by atomic mass is 32.2. The lowest BCUT2D eigenvalue weighted by molar-refractivity contribution is 0.418. The van der Waals surface area contributed by atoms with Crippen LogP contribution in [0, 0.1) is 0 Å². The molecule has 1 N–H and O–H groups in total. The summed E-state index contributed by atoms with van der Waals surface area (Å²) in [7, 11) is -4.21. The van der Waals surface area contributed by atoms with Crippen molar-refractivity contribution in [2.24, 2.45) is 0 Å². The van der Waals surface area contributed by atoms with Crippen LogP contribution in [0.1, 0.15) is 112 Å². The van der Waals surface area contributed by atoms with Gasteiger partial charge in [-0.15, -0.1) is 0 Å². The maximum Gasteiger partial charge on any atom is 0.295 e. The highest BCUT2D eigenvalue weighted by Crippen LogP contribution is 2.43. The van der Waals surface area contributed by atoms with E-state index in [4.69, 9.17) is 0 Å². The Bertz CT molecular complexity index is 655. The summed E-state index contributed by atoms with van der Waals surface area (Å²) in [6, 6.07) is 4.16. The zero-order valence-electron chi connectivity index (χ0n) is 15.6. The Balaban J connectivity index is 2.18. The number of hydrogen-bond donors (Lipinski definition) is 1. The van der Waals surface area contributed by atoms with Gasteiger partial charge in [0.05, 0.1) is 0 Å². The normalized spacial score (nSPS) is 21.0. The van der Waals surface area contributed by atoms with E-state index in [0.29, 0.717) is 5.92 Å². The van der Waals surface area contributed by atoms with Gasteiger partial charge in [-0.1, -0.05) is 64.5 Å². The van der Waals surface area contributed by atoms with Crippen molar-refractivity contribution in [3.8, 4) is 0 Å². The van der Waals surface area contributed by atoms with Gasteiger partial charge in [0.1, 0.15) is 4.90 Å². The van der Waals surface area contributed by atoms with E-state index in [1.165, 1.54) is 18.4 Å². The van der Waals surface area contributed by atoms with E-state index in [2.05, 4.69) is 26.0 Å². The molecule has 0 saturated heterocycles. The molecule has 2 saturated carbocycles. The van der Waals surface area contributed by atoms with Crippen molar-refractivity contribution < 1.29 is 13.0 Å². The van der Waals surface area contributed by atoms with Crippen LogP contribution in [0.2, 0.25) is 0 Å². The number of rotatable bonds is 4. The summed E-state index contributed by atoms with van der Waals surface area (Å²) in [5, 5.41) is 0. The minimum absolute atomic E-state index is 0.260. The second-order valence-corrected chi connectivity index (χ2v) is 9.69. The fourth-order valence-electron chi connectivity index (χ4n) is 4.76. The monoisotopic (exact) mass is 364 g/mol. The highest BCUT2D eigenvalue weighted by molar-refractivity contribution is 7.86. The fraction of sp³-hybridized carbons (Fsp3) is 0.714. The molecule has 4 heteroatoms. The van der Waals surface area contributed by atoms with Crippen LogP contribution in [0.5, 0.6) is 0 Å². The molecule has 0 aromatic heterocycles. The first-order chi connectivity index (χ1) is 11.9. The lowest BCUT2D eigenvalue weighted by Gasteiger charge is -2.30. The van der Waals surface area contributed by atoms with Crippen molar-refractivity contribution >= 4 is 10.1 Å². The van der Waals surface area contributed by atoms with Gasteiger partial charge in [0.2, 0.25) is 0 Å². The minimum Gasteiger partial charge on any atom is -0.282 e. The third-order valence-corrected chi connectivity index (χ3v) is 7.17. The van der Waals surface area contributed by atoms with Gasteiger partial charge < -0.3 is 0 Å². The molecule has 0 amide bonds. The Morgan fingerprint density at radius 3 is 1.56 bits per heavy atom. The molecule has 0 spiro atoms. The van der Waals surface area contributed by atoms with E-state index in [-0.39, 0.29) is 16.7 Å². The molecule has 1 aromatic carbocycles. The van der Waals surface area contributed by atoms with Gasteiger partial charge in [0.15, 0.2) is 0 Å². The van der Waals surface area contributed by atoms with Crippen molar-refractivity contribution in [1.82, 2.24) is 0 Å². The van der Waals surface area contributed by atoms with Crippen molar-refractivity contribution in [2.45, 2.75) is 101 Å². The SMILES string of the molecule is CC(C)c1cc(C2CCCCC2)c(S(=O)(=O)O)c(C2CCCCC2)c1. The van der Waals surface area contributed by atoms with Crippen molar-refractivity contribution in [3.05, 3.63) is 28.8 Å². The molecule has 2 aliphatic carbocycles. The molecule has 0 radical (unpaired) electrons. The smallest absolute Gasteiger partial charge is 0.282 e. The second-order valence-electron chi connectivity index (χ2n) is 8.33. The van der Waals surface area contributed by atoms with Gasteiger partial charge in [-0.2, -0.15) is 8.42 Å². The quantitative estimate of drug-likeness (QED) is 0.652. The maximum absolute atomic E-state index is 12.4. The standard InChI is InChI=1S/C21H32O3S/c1-15(2)18-13-19(16-9-5-3-6-10-16)21(25(22,23)24)20(14-18)17-11-7-4-8-12-17/h13-17H,3-12H2,1-2H3,(H,22,23,24). The third-order valence-electron chi connectivity index (χ3n) is 6.18. The van der Waals surface area contributed by atoms with E-state index in [0.717, 1.165) is 62.5 Å². The zero-order chi connectivity index (χ0) is 18.0. The molecule has 3 nitrogen and oxygen atoms in total. The summed E-state index contributed by atoms with van der Waals surface area (Å²) in [6.45, 7) is 4.33. The molecule has 1 aromatic rings. The first-order valence-corrected chi connectivity index (χ1v) is 11.5. The van der Waals surface area contributed by atoms with Crippen molar-refractivity contribution in [1.29, 1.82) is 0 Å². The molecular weight excluding hydrogens is 332 g/mol. The summed E-state index contributed by atoms with van der Waals surface area (Å²) in [4.78, 5) is 0.260. The lowest BCUT2D eigenvalue weighted by atomic mass is 9.78. The molecule has 0 atom stereocenters. The number of hydrogen-bond acceptors (Lipinski definition) is 2. The molecule has 0 heterocycles. The Kier molecular flexibility index (Phi) is 5.89. The van der Waals surface area contributed by atoms with Crippen molar-refractivity contribution in [2.75, 3.05) is 0 Å². The summed E-state index contributed by atoms with van der Waals surface area (Å²) in [5.74, 6) is 0.901.